The number of carbonyl (C=O) groups is 2. The fourth-order valence-electron chi connectivity index (χ4n) is 5.49. The molecule has 1 aromatic heterocycles. The third-order valence-electron chi connectivity index (χ3n) is 7.54. The Balaban J connectivity index is 1.47. The van der Waals surface area contributed by atoms with Gasteiger partial charge < -0.3 is 14.5 Å². The Hall–Kier alpha value is -2.28. The topological polar surface area (TPSA) is 121 Å². The van der Waals surface area contributed by atoms with Crippen LogP contribution in [0.25, 0.3) is 0 Å². The number of nitrogens with zero attached hydrogens (tertiary/aromatic N) is 4. The Labute approximate surface area is 221 Å². The van der Waals surface area contributed by atoms with E-state index >= 15 is 4.39 Å². The van der Waals surface area contributed by atoms with Crippen molar-refractivity contribution in [2.24, 2.45) is 11.8 Å². The third-order valence-corrected chi connectivity index (χ3v) is 7.71. The smallest absolute Gasteiger partial charge is 0.241 e. The number of piperazine rings is 1. The van der Waals surface area contributed by atoms with Gasteiger partial charge in [-0.25, -0.2) is 10.3 Å². The number of likely N-dealkylation sites (N-methyl/N-ethyl adjacent to an activating group) is 1. The molecule has 2 aliphatic heterocycles. The Morgan fingerprint density at radius 1 is 1.24 bits per heavy atom. The first-order valence-electron chi connectivity index (χ1n) is 13.1. The van der Waals surface area contributed by atoms with Crippen LogP contribution in [-0.4, -0.2) is 72.8 Å². The summed E-state index contributed by atoms with van der Waals surface area (Å²) in [4.78, 5) is 42.0. The number of carbonyl (C=O) groups excluding carboxylic acids is 2. The van der Waals surface area contributed by atoms with Crippen LogP contribution in [0, 0.1) is 17.7 Å². The highest BCUT2D eigenvalue weighted by Gasteiger charge is 2.41. The molecule has 206 valence electrons. The highest BCUT2D eigenvalue weighted by Crippen LogP contribution is 2.37. The Morgan fingerprint density at radius 2 is 2.00 bits per heavy atom. The summed E-state index contributed by atoms with van der Waals surface area (Å²) in [7, 11) is 2.01. The van der Waals surface area contributed by atoms with E-state index in [-0.39, 0.29) is 29.2 Å². The monoisotopic (exact) mass is 541 g/mol. The minimum absolute atomic E-state index is 0.107. The third kappa shape index (κ3) is 7.40. The molecule has 3 aliphatic rings. The summed E-state index contributed by atoms with van der Waals surface area (Å²) in [5.74, 6) is -2.25. The maximum atomic E-state index is 15.4. The fraction of sp³-hybridized carbons (Fsp3) is 0.750. The molecule has 0 bridgehead atoms. The van der Waals surface area contributed by atoms with Gasteiger partial charge in [0.25, 0.3) is 0 Å². The van der Waals surface area contributed by atoms with Crippen LogP contribution in [0.1, 0.15) is 57.8 Å². The first-order chi connectivity index (χ1) is 17.9. The number of hydrogen-bond donors (Lipinski definition) is 3. The summed E-state index contributed by atoms with van der Waals surface area (Å²) >= 11 is 6.11. The van der Waals surface area contributed by atoms with Gasteiger partial charge in [-0.2, -0.15) is 14.4 Å². The lowest BCUT2D eigenvalue weighted by atomic mass is 9.85. The second kappa shape index (κ2) is 13.0. The Morgan fingerprint density at radius 3 is 2.68 bits per heavy atom. The molecular weight excluding hydrogens is 505 g/mol. The van der Waals surface area contributed by atoms with Gasteiger partial charge in [0.1, 0.15) is 0 Å². The molecule has 1 saturated carbocycles. The van der Waals surface area contributed by atoms with Gasteiger partial charge in [0.05, 0.1) is 6.61 Å². The number of anilines is 2. The number of ether oxygens (including phenoxy) is 1. The number of hydroxylamine groups is 1. The summed E-state index contributed by atoms with van der Waals surface area (Å²) in [5, 5.41) is -0.113. The molecule has 11 nitrogen and oxygen atoms in total. The molecule has 1 unspecified atom stereocenters. The second-order valence-electron chi connectivity index (χ2n) is 10.2. The number of aromatic nitrogens is 2. The number of rotatable bonds is 11. The van der Waals surface area contributed by atoms with Crippen molar-refractivity contribution in [1.82, 2.24) is 25.8 Å². The molecule has 2 saturated heterocycles. The summed E-state index contributed by atoms with van der Waals surface area (Å²) in [6, 6.07) is 0. The molecule has 2 amide bonds. The van der Waals surface area contributed by atoms with E-state index < -0.39 is 17.5 Å². The standard InChI is InChI=1S/C24H37ClFN7O4/c1-32-9-11-33(12-10-32)21-19(26)20(28-23(25)29-21)30-31-22(35)18(14-17-6-2-3-7-17)15-24(37-27-16-34)8-4-5-13-36-24/h16-18H,2-15H2,1H3,(H,27,34)(H,31,35)(H,28,29,30)/t18-,24?/m1/s1. The van der Waals surface area contributed by atoms with Gasteiger partial charge in [0.2, 0.25) is 23.4 Å². The van der Waals surface area contributed by atoms with Crippen LogP contribution in [0.2, 0.25) is 5.28 Å². The van der Waals surface area contributed by atoms with E-state index in [1.807, 2.05) is 11.9 Å². The van der Waals surface area contributed by atoms with E-state index in [0.29, 0.717) is 44.9 Å². The molecule has 0 aromatic carbocycles. The zero-order chi connectivity index (χ0) is 26.3. The summed E-state index contributed by atoms with van der Waals surface area (Å²) in [6.45, 7) is 3.23. The van der Waals surface area contributed by atoms with E-state index in [9.17, 15) is 9.59 Å². The Kier molecular flexibility index (Phi) is 9.74. The summed E-state index contributed by atoms with van der Waals surface area (Å²) in [5.41, 5.74) is 7.54. The number of amides is 2. The largest absolute Gasteiger partial charge is 0.351 e. The number of hydrogen-bond acceptors (Lipinski definition) is 9. The van der Waals surface area contributed by atoms with E-state index in [2.05, 4.69) is 31.2 Å². The van der Waals surface area contributed by atoms with Crippen molar-refractivity contribution in [3.05, 3.63) is 11.1 Å². The lowest BCUT2D eigenvalue weighted by Gasteiger charge is -2.38. The number of hydrazine groups is 1. The van der Waals surface area contributed by atoms with Crippen LogP contribution < -0.4 is 21.2 Å². The summed E-state index contributed by atoms with van der Waals surface area (Å²) in [6.07, 6.45) is 8.05. The van der Waals surface area contributed by atoms with Gasteiger partial charge in [-0.15, -0.1) is 0 Å². The van der Waals surface area contributed by atoms with Crippen LogP contribution in [-0.2, 0) is 19.2 Å². The SMILES string of the molecule is CN1CCN(c2nc(Cl)nc(NNC(=O)[C@H](CC3CCCC3)CC3(ONC=O)CCCCO3)c2F)CC1. The number of halogens is 2. The Bertz CT molecular complexity index is 923. The van der Waals surface area contributed by atoms with E-state index in [1.165, 1.54) is 0 Å². The molecular formula is C24H37ClFN7O4. The average Bonchev–Trinajstić information content (AvgIpc) is 3.41. The van der Waals surface area contributed by atoms with Crippen molar-refractivity contribution in [2.75, 3.05) is 50.2 Å². The van der Waals surface area contributed by atoms with Gasteiger partial charge in [-0.1, -0.05) is 25.7 Å². The number of nitrogens with one attached hydrogen (secondary N) is 3. The van der Waals surface area contributed by atoms with Crippen molar-refractivity contribution < 1.29 is 23.6 Å². The zero-order valence-corrected chi connectivity index (χ0v) is 22.1. The highest BCUT2D eigenvalue weighted by molar-refractivity contribution is 6.28. The second-order valence-corrected chi connectivity index (χ2v) is 10.6. The van der Waals surface area contributed by atoms with Gasteiger partial charge in [0, 0.05) is 44.9 Å². The minimum atomic E-state index is -1.09. The van der Waals surface area contributed by atoms with E-state index in [0.717, 1.165) is 51.6 Å². The van der Waals surface area contributed by atoms with Crippen LogP contribution in [0.4, 0.5) is 16.0 Å². The highest BCUT2D eigenvalue weighted by atomic mass is 35.5. The van der Waals surface area contributed by atoms with Crippen molar-refractivity contribution in [2.45, 2.75) is 63.6 Å². The lowest BCUT2D eigenvalue weighted by Crippen LogP contribution is -2.48. The first kappa shape index (κ1) is 27.7. The molecule has 3 N–H and O–H groups in total. The maximum Gasteiger partial charge on any atom is 0.241 e. The normalized spacial score (nSPS) is 24.0. The van der Waals surface area contributed by atoms with Crippen LogP contribution in [0.3, 0.4) is 0 Å². The minimum Gasteiger partial charge on any atom is -0.351 e. The van der Waals surface area contributed by atoms with Gasteiger partial charge in [-0.05, 0) is 43.8 Å². The van der Waals surface area contributed by atoms with Crippen molar-refractivity contribution >= 4 is 35.6 Å². The predicted molar refractivity (Wildman–Crippen MR) is 136 cm³/mol. The molecule has 13 heteroatoms. The average molecular weight is 542 g/mol. The van der Waals surface area contributed by atoms with Gasteiger partial charge in [0.15, 0.2) is 17.4 Å². The molecule has 4 rings (SSSR count). The molecule has 3 heterocycles. The molecule has 2 atom stereocenters. The molecule has 1 aromatic rings. The fourth-order valence-corrected chi connectivity index (χ4v) is 5.65. The van der Waals surface area contributed by atoms with Crippen LogP contribution in [0.5, 0.6) is 0 Å². The van der Waals surface area contributed by atoms with E-state index in [4.69, 9.17) is 21.2 Å². The van der Waals surface area contributed by atoms with Gasteiger partial charge >= 0.3 is 0 Å². The first-order valence-corrected chi connectivity index (χ1v) is 13.5. The van der Waals surface area contributed by atoms with Crippen molar-refractivity contribution in [3.8, 4) is 0 Å². The summed E-state index contributed by atoms with van der Waals surface area (Å²) < 4.78 is 21.3. The van der Waals surface area contributed by atoms with Crippen molar-refractivity contribution in [1.29, 1.82) is 0 Å². The molecule has 1 aliphatic carbocycles. The quantitative estimate of drug-likeness (QED) is 0.220. The van der Waals surface area contributed by atoms with Gasteiger partial charge in [-0.3, -0.25) is 20.4 Å². The van der Waals surface area contributed by atoms with Crippen LogP contribution in [0.15, 0.2) is 0 Å². The van der Waals surface area contributed by atoms with E-state index in [1.54, 1.807) is 0 Å². The molecule has 0 radical (unpaired) electrons. The lowest BCUT2D eigenvalue weighted by molar-refractivity contribution is -0.285. The molecule has 3 fully saturated rings. The molecule has 37 heavy (non-hydrogen) atoms. The predicted octanol–water partition coefficient (Wildman–Crippen LogP) is 2.62. The molecule has 0 spiro atoms. The van der Waals surface area contributed by atoms with Crippen LogP contribution >= 0.6 is 11.6 Å². The maximum absolute atomic E-state index is 15.4. The van der Waals surface area contributed by atoms with Crippen molar-refractivity contribution in [3.63, 3.8) is 0 Å². The zero-order valence-electron chi connectivity index (χ0n) is 21.3.